The average molecular weight is 654 g/mol. The predicted molar refractivity (Wildman–Crippen MR) is 212 cm³/mol. The predicted octanol–water partition coefficient (Wildman–Crippen LogP) is 14.0. The van der Waals surface area contributed by atoms with E-state index in [2.05, 4.69) is 169 Å². The normalized spacial score (nSPS) is 11.5. The maximum absolute atomic E-state index is 6.40. The van der Waals surface area contributed by atoms with Gasteiger partial charge in [-0.3, -0.25) is 0 Å². The first-order valence-electron chi connectivity index (χ1n) is 17.3. The van der Waals surface area contributed by atoms with E-state index >= 15 is 0 Å². The van der Waals surface area contributed by atoms with E-state index in [1.54, 1.807) is 0 Å². The maximum Gasteiger partial charge on any atom is 0.137 e. The Morgan fingerprint density at radius 1 is 0.314 bits per heavy atom. The number of hydrogen-bond donors (Lipinski definition) is 0. The molecule has 10 rings (SSSR count). The van der Waals surface area contributed by atoms with E-state index in [-0.39, 0.29) is 0 Å². The summed E-state index contributed by atoms with van der Waals surface area (Å²) in [5.74, 6) is 0. The van der Waals surface area contributed by atoms with E-state index in [0.29, 0.717) is 0 Å². The standard InChI is InChI=1S/C48H31NO2/c1-2-12-32(13-3-1)34-14-10-15-36(30-34)38-16-4-7-19-42(38)49(43-20-11-23-47-48(43)40-18-6-9-22-45(40)51-47)37-27-24-33(25-28-37)35-26-29-46-41(31-35)39-17-5-8-21-44(39)50-46/h1-31H. The number of rotatable bonds is 6. The Kier molecular flexibility index (Phi) is 6.81. The third-order valence-electron chi connectivity index (χ3n) is 9.88. The van der Waals surface area contributed by atoms with Gasteiger partial charge in [0.2, 0.25) is 0 Å². The van der Waals surface area contributed by atoms with Gasteiger partial charge in [0.1, 0.15) is 22.3 Å². The lowest BCUT2D eigenvalue weighted by molar-refractivity contribution is 0.668. The molecule has 0 amide bonds. The fraction of sp³-hybridized carbons (Fsp3) is 0. The van der Waals surface area contributed by atoms with Gasteiger partial charge in [-0.05, 0) is 88.5 Å². The van der Waals surface area contributed by atoms with Crippen LogP contribution in [0.5, 0.6) is 0 Å². The molecule has 240 valence electrons. The van der Waals surface area contributed by atoms with Gasteiger partial charge in [-0.1, -0.05) is 127 Å². The Morgan fingerprint density at radius 3 is 1.73 bits per heavy atom. The van der Waals surface area contributed by atoms with Gasteiger partial charge >= 0.3 is 0 Å². The van der Waals surface area contributed by atoms with Crippen molar-refractivity contribution in [3.8, 4) is 33.4 Å². The molecule has 0 aliphatic heterocycles. The van der Waals surface area contributed by atoms with Crippen molar-refractivity contribution >= 4 is 60.9 Å². The smallest absolute Gasteiger partial charge is 0.137 e. The topological polar surface area (TPSA) is 29.5 Å². The summed E-state index contributed by atoms with van der Waals surface area (Å²) < 4.78 is 12.5. The molecule has 8 aromatic carbocycles. The molecule has 10 aromatic rings. The summed E-state index contributed by atoms with van der Waals surface area (Å²) in [7, 11) is 0. The Morgan fingerprint density at radius 2 is 0.863 bits per heavy atom. The Hall–Kier alpha value is -6.84. The second-order valence-corrected chi connectivity index (χ2v) is 12.9. The molecule has 0 unspecified atom stereocenters. The molecular weight excluding hydrogens is 623 g/mol. The van der Waals surface area contributed by atoms with Crippen molar-refractivity contribution < 1.29 is 8.83 Å². The van der Waals surface area contributed by atoms with Crippen molar-refractivity contribution in [1.82, 2.24) is 0 Å². The third kappa shape index (κ3) is 4.98. The van der Waals surface area contributed by atoms with E-state index in [4.69, 9.17) is 8.83 Å². The Balaban J connectivity index is 1.15. The minimum atomic E-state index is 0.861. The lowest BCUT2D eigenvalue weighted by Gasteiger charge is -2.28. The van der Waals surface area contributed by atoms with Crippen LogP contribution >= 0.6 is 0 Å². The highest BCUT2D eigenvalue weighted by molar-refractivity contribution is 6.14. The zero-order valence-corrected chi connectivity index (χ0v) is 27.7. The number of benzene rings is 8. The fourth-order valence-electron chi connectivity index (χ4n) is 7.47. The molecule has 0 aliphatic rings. The van der Waals surface area contributed by atoms with Crippen molar-refractivity contribution in [2.24, 2.45) is 0 Å². The van der Waals surface area contributed by atoms with Crippen LogP contribution in [0, 0.1) is 0 Å². The third-order valence-corrected chi connectivity index (χ3v) is 9.88. The van der Waals surface area contributed by atoms with E-state index in [1.165, 1.54) is 11.1 Å². The highest BCUT2D eigenvalue weighted by atomic mass is 16.3. The van der Waals surface area contributed by atoms with Crippen LogP contribution in [0.15, 0.2) is 197 Å². The minimum absolute atomic E-state index is 0.861. The minimum Gasteiger partial charge on any atom is -0.456 e. The summed E-state index contributed by atoms with van der Waals surface area (Å²) in [6, 6.07) is 66.3. The van der Waals surface area contributed by atoms with Gasteiger partial charge in [-0.25, -0.2) is 0 Å². The van der Waals surface area contributed by atoms with Crippen LogP contribution in [0.1, 0.15) is 0 Å². The monoisotopic (exact) mass is 653 g/mol. The van der Waals surface area contributed by atoms with Gasteiger partial charge in [-0.2, -0.15) is 0 Å². The zero-order chi connectivity index (χ0) is 33.7. The first-order chi connectivity index (χ1) is 25.3. The lowest BCUT2D eigenvalue weighted by Crippen LogP contribution is -2.11. The Labute approximate surface area is 295 Å². The van der Waals surface area contributed by atoms with Gasteiger partial charge in [-0.15, -0.1) is 0 Å². The molecule has 0 atom stereocenters. The molecule has 0 N–H and O–H groups in total. The van der Waals surface area contributed by atoms with E-state index in [1.807, 2.05) is 24.3 Å². The van der Waals surface area contributed by atoms with Crippen LogP contribution < -0.4 is 4.90 Å². The molecule has 3 heteroatoms. The number of nitrogens with zero attached hydrogens (tertiary/aromatic N) is 1. The molecule has 0 spiro atoms. The largest absolute Gasteiger partial charge is 0.456 e. The number of furan rings is 2. The molecule has 0 aliphatic carbocycles. The van der Waals surface area contributed by atoms with Gasteiger partial charge in [0.25, 0.3) is 0 Å². The highest BCUT2D eigenvalue weighted by Crippen LogP contribution is 2.46. The molecule has 0 radical (unpaired) electrons. The quantitative estimate of drug-likeness (QED) is 0.179. The first-order valence-corrected chi connectivity index (χ1v) is 17.3. The van der Waals surface area contributed by atoms with Crippen molar-refractivity contribution in [1.29, 1.82) is 0 Å². The molecule has 0 bridgehead atoms. The summed E-state index contributed by atoms with van der Waals surface area (Å²) in [5, 5.41) is 4.43. The van der Waals surface area contributed by atoms with Crippen molar-refractivity contribution in [3.05, 3.63) is 188 Å². The van der Waals surface area contributed by atoms with Crippen LogP contribution in [0.25, 0.3) is 77.3 Å². The second kappa shape index (κ2) is 11.9. The summed E-state index contributed by atoms with van der Waals surface area (Å²) >= 11 is 0. The van der Waals surface area contributed by atoms with Gasteiger partial charge < -0.3 is 13.7 Å². The molecule has 2 aromatic heterocycles. The van der Waals surface area contributed by atoms with Crippen LogP contribution in [-0.4, -0.2) is 0 Å². The van der Waals surface area contributed by atoms with Crippen LogP contribution in [0.4, 0.5) is 17.1 Å². The molecule has 0 saturated carbocycles. The first kappa shape index (κ1) is 29.1. The van der Waals surface area contributed by atoms with E-state index < -0.39 is 0 Å². The average Bonchev–Trinajstić information content (AvgIpc) is 3.77. The van der Waals surface area contributed by atoms with Gasteiger partial charge in [0.05, 0.1) is 16.8 Å². The van der Waals surface area contributed by atoms with Crippen molar-refractivity contribution in [3.63, 3.8) is 0 Å². The van der Waals surface area contributed by atoms with E-state index in [9.17, 15) is 0 Å². The van der Waals surface area contributed by atoms with Crippen LogP contribution in [-0.2, 0) is 0 Å². The van der Waals surface area contributed by atoms with Crippen molar-refractivity contribution in [2.45, 2.75) is 0 Å². The Bertz CT molecular complexity index is 2860. The number of anilines is 3. The number of fused-ring (bicyclic) bond motifs is 6. The highest BCUT2D eigenvalue weighted by Gasteiger charge is 2.22. The molecule has 0 saturated heterocycles. The maximum atomic E-state index is 6.40. The van der Waals surface area contributed by atoms with Crippen LogP contribution in [0.2, 0.25) is 0 Å². The summed E-state index contributed by atoms with van der Waals surface area (Å²) in [5.41, 5.74) is 13.7. The number of para-hydroxylation sites is 3. The summed E-state index contributed by atoms with van der Waals surface area (Å²) in [4.78, 5) is 2.38. The number of hydrogen-bond acceptors (Lipinski definition) is 3. The van der Waals surface area contributed by atoms with Crippen molar-refractivity contribution in [2.75, 3.05) is 4.90 Å². The van der Waals surface area contributed by atoms with E-state index in [0.717, 1.165) is 83.2 Å². The molecule has 3 nitrogen and oxygen atoms in total. The fourth-order valence-corrected chi connectivity index (χ4v) is 7.47. The van der Waals surface area contributed by atoms with Crippen LogP contribution in [0.3, 0.4) is 0 Å². The second-order valence-electron chi connectivity index (χ2n) is 12.9. The molecule has 2 heterocycles. The molecular formula is C48H31NO2. The van der Waals surface area contributed by atoms with Gasteiger partial charge in [0, 0.05) is 27.4 Å². The SMILES string of the molecule is c1ccc(-c2cccc(-c3ccccc3N(c3ccc(-c4ccc5oc6ccccc6c5c4)cc3)c3cccc4oc5ccccc5c34)c2)cc1. The zero-order valence-electron chi connectivity index (χ0n) is 27.7. The summed E-state index contributed by atoms with van der Waals surface area (Å²) in [6.45, 7) is 0. The summed E-state index contributed by atoms with van der Waals surface area (Å²) in [6.07, 6.45) is 0. The molecule has 51 heavy (non-hydrogen) atoms. The lowest BCUT2D eigenvalue weighted by atomic mass is 9.96. The molecule has 0 fully saturated rings. The van der Waals surface area contributed by atoms with Gasteiger partial charge in [0.15, 0.2) is 0 Å².